The van der Waals surface area contributed by atoms with Crippen molar-refractivity contribution in [2.24, 2.45) is 0 Å². The molecule has 0 radical (unpaired) electrons. The van der Waals surface area contributed by atoms with E-state index in [1.165, 1.54) is 13.3 Å². The largest absolute Gasteiger partial charge is 0.493 e. The maximum Gasteiger partial charge on any atom is 0.343 e. The number of carbonyl (C=O) groups is 1. The smallest absolute Gasteiger partial charge is 0.343 e. The van der Waals surface area contributed by atoms with Crippen molar-refractivity contribution in [3.8, 4) is 11.5 Å². The summed E-state index contributed by atoms with van der Waals surface area (Å²) < 4.78 is 16.1. The van der Waals surface area contributed by atoms with Gasteiger partial charge in [0.05, 0.1) is 24.6 Å². The first kappa shape index (κ1) is 17.5. The molecule has 0 spiro atoms. The molecule has 0 saturated heterocycles. The Hall–Kier alpha value is -3.28. The van der Waals surface area contributed by atoms with Gasteiger partial charge in [-0.25, -0.2) is 4.79 Å². The summed E-state index contributed by atoms with van der Waals surface area (Å²) in [5, 5.41) is 0.333. The number of rotatable bonds is 6. The SMILES string of the molecule is CCOC(=O)c1c[nH]c2cc(OCc3ccccc3)c(OC)cc2c1=O. The van der Waals surface area contributed by atoms with Crippen molar-refractivity contribution in [1.29, 1.82) is 0 Å². The van der Waals surface area contributed by atoms with Gasteiger partial charge >= 0.3 is 5.97 Å². The lowest BCUT2D eigenvalue weighted by molar-refractivity contribution is 0.0524. The molecule has 0 aliphatic carbocycles. The molecule has 6 nitrogen and oxygen atoms in total. The first-order valence-corrected chi connectivity index (χ1v) is 8.21. The molecule has 1 heterocycles. The third-order valence-electron chi connectivity index (χ3n) is 3.90. The van der Waals surface area contributed by atoms with Crippen LogP contribution in [0.4, 0.5) is 0 Å². The maximum absolute atomic E-state index is 12.6. The van der Waals surface area contributed by atoms with Crippen LogP contribution >= 0.6 is 0 Å². The summed E-state index contributed by atoms with van der Waals surface area (Å²) in [5.74, 6) is 0.266. The van der Waals surface area contributed by atoms with Gasteiger partial charge in [-0.05, 0) is 18.6 Å². The quantitative estimate of drug-likeness (QED) is 0.688. The molecule has 3 aromatic rings. The maximum atomic E-state index is 12.6. The van der Waals surface area contributed by atoms with Crippen molar-refractivity contribution in [3.05, 3.63) is 70.0 Å². The normalized spacial score (nSPS) is 10.5. The van der Waals surface area contributed by atoms with E-state index in [1.807, 2.05) is 30.3 Å². The van der Waals surface area contributed by atoms with Crippen LogP contribution in [0.2, 0.25) is 0 Å². The summed E-state index contributed by atoms with van der Waals surface area (Å²) in [4.78, 5) is 27.4. The summed E-state index contributed by atoms with van der Waals surface area (Å²) in [7, 11) is 1.50. The molecule has 1 aromatic heterocycles. The molecule has 0 amide bonds. The minimum atomic E-state index is -0.654. The number of hydrogen-bond donors (Lipinski definition) is 1. The van der Waals surface area contributed by atoms with E-state index in [4.69, 9.17) is 14.2 Å². The van der Waals surface area contributed by atoms with Crippen LogP contribution in [0.15, 0.2) is 53.5 Å². The Balaban J connectivity index is 1.97. The molecule has 0 aliphatic rings. The van der Waals surface area contributed by atoms with Crippen LogP contribution in [-0.4, -0.2) is 24.7 Å². The number of fused-ring (bicyclic) bond motifs is 1. The monoisotopic (exact) mass is 353 g/mol. The van der Waals surface area contributed by atoms with E-state index in [9.17, 15) is 9.59 Å². The second-order valence-electron chi connectivity index (χ2n) is 5.57. The van der Waals surface area contributed by atoms with Crippen molar-refractivity contribution >= 4 is 16.9 Å². The van der Waals surface area contributed by atoms with E-state index in [2.05, 4.69) is 4.98 Å². The van der Waals surface area contributed by atoms with Crippen LogP contribution in [0.25, 0.3) is 10.9 Å². The van der Waals surface area contributed by atoms with Gasteiger partial charge in [-0.3, -0.25) is 4.79 Å². The average molecular weight is 353 g/mol. The zero-order valence-corrected chi connectivity index (χ0v) is 14.6. The Bertz CT molecular complexity index is 979. The van der Waals surface area contributed by atoms with Gasteiger partial charge in [0.15, 0.2) is 11.5 Å². The Morgan fingerprint density at radius 1 is 1.12 bits per heavy atom. The predicted octanol–water partition coefficient (Wildman–Crippen LogP) is 3.29. The third-order valence-corrected chi connectivity index (χ3v) is 3.90. The molecule has 0 atom stereocenters. The highest BCUT2D eigenvalue weighted by Crippen LogP contribution is 2.31. The van der Waals surface area contributed by atoms with Gasteiger partial charge < -0.3 is 19.2 Å². The molecule has 0 aliphatic heterocycles. The third kappa shape index (κ3) is 3.54. The number of H-pyrrole nitrogens is 1. The highest BCUT2D eigenvalue weighted by Gasteiger charge is 2.16. The number of carbonyl (C=O) groups excluding carboxylic acids is 1. The van der Waals surface area contributed by atoms with Crippen molar-refractivity contribution in [2.45, 2.75) is 13.5 Å². The lowest BCUT2D eigenvalue weighted by Crippen LogP contribution is -2.18. The van der Waals surface area contributed by atoms with Crippen molar-refractivity contribution in [3.63, 3.8) is 0 Å². The highest BCUT2D eigenvalue weighted by molar-refractivity contribution is 5.94. The number of aromatic amines is 1. The van der Waals surface area contributed by atoms with E-state index in [-0.39, 0.29) is 12.2 Å². The number of benzene rings is 2. The molecular weight excluding hydrogens is 334 g/mol. The molecule has 0 unspecified atom stereocenters. The number of pyridine rings is 1. The van der Waals surface area contributed by atoms with Gasteiger partial charge in [0.25, 0.3) is 0 Å². The topological polar surface area (TPSA) is 77.6 Å². The number of methoxy groups -OCH3 is 1. The van der Waals surface area contributed by atoms with Gasteiger partial charge in [-0.15, -0.1) is 0 Å². The Labute approximate surface area is 150 Å². The van der Waals surface area contributed by atoms with Crippen molar-refractivity contribution in [2.75, 3.05) is 13.7 Å². The van der Waals surface area contributed by atoms with Crippen molar-refractivity contribution < 1.29 is 19.0 Å². The predicted molar refractivity (Wildman–Crippen MR) is 97.9 cm³/mol. The van der Waals surface area contributed by atoms with E-state index < -0.39 is 11.4 Å². The fourth-order valence-electron chi connectivity index (χ4n) is 2.60. The number of nitrogens with one attached hydrogen (secondary N) is 1. The van der Waals surface area contributed by atoms with Crippen LogP contribution in [0.5, 0.6) is 11.5 Å². The Morgan fingerprint density at radius 3 is 2.58 bits per heavy atom. The molecule has 0 fully saturated rings. The summed E-state index contributed by atoms with van der Waals surface area (Å²) in [6.07, 6.45) is 1.36. The summed E-state index contributed by atoms with van der Waals surface area (Å²) >= 11 is 0. The summed E-state index contributed by atoms with van der Waals surface area (Å²) in [6.45, 7) is 2.26. The number of hydrogen-bond acceptors (Lipinski definition) is 5. The standard InChI is InChI=1S/C20H19NO5/c1-3-25-20(23)15-11-21-16-10-18(17(24-2)9-14(16)19(15)22)26-12-13-7-5-4-6-8-13/h4-11H,3,12H2,1-2H3,(H,21,22). The lowest BCUT2D eigenvalue weighted by atomic mass is 10.1. The minimum absolute atomic E-state index is 0.0423. The fraction of sp³-hybridized carbons (Fsp3) is 0.200. The lowest BCUT2D eigenvalue weighted by Gasteiger charge is -2.12. The molecule has 0 bridgehead atoms. The number of esters is 1. The summed E-state index contributed by atoms with van der Waals surface area (Å²) in [5.41, 5.74) is 1.11. The zero-order valence-electron chi connectivity index (χ0n) is 14.6. The number of aromatic nitrogens is 1. The van der Waals surface area contributed by atoms with Gasteiger partial charge in [0.1, 0.15) is 12.2 Å². The first-order valence-electron chi connectivity index (χ1n) is 8.21. The van der Waals surface area contributed by atoms with Crippen LogP contribution in [-0.2, 0) is 11.3 Å². The van der Waals surface area contributed by atoms with Crippen molar-refractivity contribution in [1.82, 2.24) is 4.98 Å². The fourth-order valence-corrected chi connectivity index (χ4v) is 2.60. The highest BCUT2D eigenvalue weighted by atomic mass is 16.5. The molecule has 1 N–H and O–H groups in total. The van der Waals surface area contributed by atoms with Crippen LogP contribution < -0.4 is 14.9 Å². The van der Waals surface area contributed by atoms with Crippen LogP contribution in [0, 0.1) is 0 Å². The zero-order chi connectivity index (χ0) is 18.5. The Kier molecular flexibility index (Phi) is 5.22. The molecule has 0 saturated carbocycles. The first-order chi connectivity index (χ1) is 12.6. The molecule has 26 heavy (non-hydrogen) atoms. The number of ether oxygens (including phenoxy) is 3. The molecule has 6 heteroatoms. The molecule has 134 valence electrons. The second kappa shape index (κ2) is 7.74. The van der Waals surface area contributed by atoms with E-state index in [0.717, 1.165) is 5.56 Å². The summed E-state index contributed by atoms with van der Waals surface area (Å²) in [6, 6.07) is 13.0. The van der Waals surface area contributed by atoms with E-state index in [0.29, 0.717) is 29.0 Å². The molecular formula is C20H19NO5. The van der Waals surface area contributed by atoms with Gasteiger partial charge in [0.2, 0.25) is 5.43 Å². The van der Waals surface area contributed by atoms with Gasteiger partial charge in [-0.1, -0.05) is 30.3 Å². The van der Waals surface area contributed by atoms with E-state index >= 15 is 0 Å². The Morgan fingerprint density at radius 2 is 1.88 bits per heavy atom. The molecule has 3 rings (SSSR count). The van der Waals surface area contributed by atoms with Crippen LogP contribution in [0.1, 0.15) is 22.8 Å². The second-order valence-corrected chi connectivity index (χ2v) is 5.57. The minimum Gasteiger partial charge on any atom is -0.493 e. The molecule has 2 aromatic carbocycles. The average Bonchev–Trinajstić information content (AvgIpc) is 2.67. The van der Waals surface area contributed by atoms with E-state index in [1.54, 1.807) is 19.1 Å². The van der Waals surface area contributed by atoms with Gasteiger partial charge in [-0.2, -0.15) is 0 Å². The van der Waals surface area contributed by atoms with Gasteiger partial charge in [0, 0.05) is 12.3 Å². The van der Waals surface area contributed by atoms with Crippen LogP contribution in [0.3, 0.4) is 0 Å².